The monoisotopic (exact) mass is 205 g/mol. The lowest BCUT2D eigenvalue weighted by Gasteiger charge is -2.23. The Morgan fingerprint density at radius 3 is 2.87 bits per heavy atom. The van der Waals surface area contributed by atoms with Gasteiger partial charge in [0.2, 0.25) is 0 Å². The van der Waals surface area contributed by atoms with Crippen LogP contribution in [0.5, 0.6) is 0 Å². The van der Waals surface area contributed by atoms with E-state index in [9.17, 15) is 0 Å². The molecule has 2 aliphatic rings. The van der Waals surface area contributed by atoms with Crippen molar-refractivity contribution in [3.8, 4) is 0 Å². The molecule has 0 aromatic carbocycles. The molecule has 0 amide bonds. The van der Waals surface area contributed by atoms with Crippen LogP contribution in [0.15, 0.2) is 0 Å². The smallest absolute Gasteiger partial charge is 0.0675 e. The van der Waals surface area contributed by atoms with Crippen LogP contribution in [0.4, 0.5) is 0 Å². The maximum atomic E-state index is 4.61. The Morgan fingerprint density at radius 2 is 2.13 bits per heavy atom. The van der Waals surface area contributed by atoms with E-state index in [0.29, 0.717) is 6.04 Å². The molecule has 0 spiro atoms. The second kappa shape index (κ2) is 3.34. The molecule has 1 atom stereocenters. The van der Waals surface area contributed by atoms with Crippen molar-refractivity contribution < 1.29 is 0 Å². The first kappa shape index (κ1) is 9.40. The zero-order chi connectivity index (χ0) is 10.4. The zero-order valence-corrected chi connectivity index (χ0v) is 9.58. The van der Waals surface area contributed by atoms with Crippen molar-refractivity contribution in [2.45, 2.75) is 51.1 Å². The standard InChI is InChI=1S/C12H19N3/c1-8-12-10(13-9-6-7-9)4-3-5-11(12)14-15(8)2/h9-10,13H,3-7H2,1-2H3. The fraction of sp³-hybridized carbons (Fsp3) is 0.750. The SMILES string of the molecule is Cc1c2c(nn1C)CCCC2NC1CC1. The summed E-state index contributed by atoms with van der Waals surface area (Å²) in [6.45, 7) is 2.19. The van der Waals surface area contributed by atoms with Gasteiger partial charge in [-0.15, -0.1) is 0 Å². The summed E-state index contributed by atoms with van der Waals surface area (Å²) in [5, 5.41) is 8.36. The van der Waals surface area contributed by atoms with Crippen LogP contribution in [0.3, 0.4) is 0 Å². The van der Waals surface area contributed by atoms with Crippen molar-refractivity contribution in [1.29, 1.82) is 0 Å². The summed E-state index contributed by atoms with van der Waals surface area (Å²) in [5.74, 6) is 0. The van der Waals surface area contributed by atoms with Crippen LogP contribution in [0.1, 0.15) is 48.7 Å². The van der Waals surface area contributed by atoms with Gasteiger partial charge in [0.1, 0.15) is 0 Å². The van der Waals surface area contributed by atoms with Crippen molar-refractivity contribution in [2.75, 3.05) is 0 Å². The van der Waals surface area contributed by atoms with Crippen LogP contribution in [0.2, 0.25) is 0 Å². The van der Waals surface area contributed by atoms with Crippen molar-refractivity contribution >= 4 is 0 Å². The van der Waals surface area contributed by atoms with E-state index in [1.165, 1.54) is 49.1 Å². The predicted molar refractivity (Wildman–Crippen MR) is 59.8 cm³/mol. The summed E-state index contributed by atoms with van der Waals surface area (Å²) in [7, 11) is 2.06. The first-order valence-electron chi connectivity index (χ1n) is 6.04. The highest BCUT2D eigenvalue weighted by molar-refractivity contribution is 5.31. The van der Waals surface area contributed by atoms with Gasteiger partial charge in [0.25, 0.3) is 0 Å². The molecule has 1 aromatic heterocycles. The van der Waals surface area contributed by atoms with Crippen LogP contribution < -0.4 is 5.32 Å². The Morgan fingerprint density at radius 1 is 1.33 bits per heavy atom. The average molecular weight is 205 g/mol. The van der Waals surface area contributed by atoms with Crippen molar-refractivity contribution in [3.63, 3.8) is 0 Å². The highest BCUT2D eigenvalue weighted by Crippen LogP contribution is 2.34. The molecule has 1 unspecified atom stereocenters. The Balaban J connectivity index is 1.92. The maximum absolute atomic E-state index is 4.61. The Bertz CT molecular complexity index is 376. The van der Waals surface area contributed by atoms with E-state index in [1.54, 1.807) is 0 Å². The zero-order valence-electron chi connectivity index (χ0n) is 9.58. The Kier molecular flexibility index (Phi) is 2.09. The molecule has 0 saturated heterocycles. The largest absolute Gasteiger partial charge is 0.307 e. The fourth-order valence-corrected chi connectivity index (χ4v) is 2.65. The number of nitrogens with one attached hydrogen (secondary N) is 1. The molecule has 0 aliphatic heterocycles. The molecule has 3 heteroatoms. The van der Waals surface area contributed by atoms with Crippen molar-refractivity contribution in [1.82, 2.24) is 15.1 Å². The first-order valence-corrected chi connectivity index (χ1v) is 6.04. The molecule has 0 bridgehead atoms. The van der Waals surface area contributed by atoms with E-state index in [-0.39, 0.29) is 0 Å². The topological polar surface area (TPSA) is 29.9 Å². The highest BCUT2D eigenvalue weighted by atomic mass is 15.3. The molecule has 3 rings (SSSR count). The van der Waals surface area contributed by atoms with Gasteiger partial charge < -0.3 is 5.32 Å². The fourth-order valence-electron chi connectivity index (χ4n) is 2.65. The average Bonchev–Trinajstić information content (AvgIpc) is 2.96. The summed E-state index contributed by atoms with van der Waals surface area (Å²) in [4.78, 5) is 0. The lowest BCUT2D eigenvalue weighted by atomic mass is 9.91. The molecular weight excluding hydrogens is 186 g/mol. The van der Waals surface area contributed by atoms with Gasteiger partial charge in [0.05, 0.1) is 5.69 Å². The molecule has 1 aromatic rings. The van der Waals surface area contributed by atoms with E-state index >= 15 is 0 Å². The first-order chi connectivity index (χ1) is 7.25. The maximum Gasteiger partial charge on any atom is 0.0675 e. The molecule has 0 radical (unpaired) electrons. The Hall–Kier alpha value is -0.830. The number of fused-ring (bicyclic) bond motifs is 1. The van der Waals surface area contributed by atoms with Gasteiger partial charge in [-0.25, -0.2) is 0 Å². The van der Waals surface area contributed by atoms with Crippen LogP contribution in [0, 0.1) is 6.92 Å². The number of hydrogen-bond donors (Lipinski definition) is 1. The number of nitrogens with zero attached hydrogens (tertiary/aromatic N) is 2. The van der Waals surface area contributed by atoms with Crippen LogP contribution in [-0.4, -0.2) is 15.8 Å². The summed E-state index contributed by atoms with van der Waals surface area (Å²) in [5.41, 5.74) is 4.18. The van der Waals surface area contributed by atoms with Gasteiger partial charge >= 0.3 is 0 Å². The molecule has 2 aliphatic carbocycles. The molecule has 1 saturated carbocycles. The minimum absolute atomic E-state index is 0.579. The molecule has 15 heavy (non-hydrogen) atoms. The van der Waals surface area contributed by atoms with E-state index in [0.717, 1.165) is 6.04 Å². The summed E-state index contributed by atoms with van der Waals surface area (Å²) in [6, 6.07) is 1.37. The van der Waals surface area contributed by atoms with Gasteiger partial charge in [-0.1, -0.05) is 0 Å². The highest BCUT2D eigenvalue weighted by Gasteiger charge is 2.30. The molecule has 1 N–H and O–H groups in total. The third kappa shape index (κ3) is 1.59. The molecule has 1 fully saturated rings. The summed E-state index contributed by atoms with van der Waals surface area (Å²) >= 11 is 0. The van der Waals surface area contributed by atoms with Gasteiger partial charge in [-0.3, -0.25) is 4.68 Å². The van der Waals surface area contributed by atoms with Gasteiger partial charge in [0.15, 0.2) is 0 Å². The molecule has 1 heterocycles. The predicted octanol–water partition coefficient (Wildman–Crippen LogP) is 1.86. The van der Waals surface area contributed by atoms with Crippen LogP contribution in [0.25, 0.3) is 0 Å². The quantitative estimate of drug-likeness (QED) is 0.798. The molecule has 3 nitrogen and oxygen atoms in total. The molecular formula is C12H19N3. The number of hydrogen-bond acceptors (Lipinski definition) is 2. The lowest BCUT2D eigenvalue weighted by Crippen LogP contribution is -2.27. The third-order valence-electron chi connectivity index (χ3n) is 3.73. The van der Waals surface area contributed by atoms with Crippen molar-refractivity contribution in [2.24, 2.45) is 7.05 Å². The number of aryl methyl sites for hydroxylation is 2. The number of rotatable bonds is 2. The minimum atomic E-state index is 0.579. The summed E-state index contributed by atoms with van der Waals surface area (Å²) in [6.07, 6.45) is 6.47. The minimum Gasteiger partial charge on any atom is -0.307 e. The van der Waals surface area contributed by atoms with E-state index in [2.05, 4.69) is 24.4 Å². The van der Waals surface area contributed by atoms with E-state index < -0.39 is 0 Å². The van der Waals surface area contributed by atoms with Gasteiger partial charge in [0, 0.05) is 30.4 Å². The second-order valence-electron chi connectivity index (χ2n) is 4.96. The number of aromatic nitrogens is 2. The summed E-state index contributed by atoms with van der Waals surface area (Å²) < 4.78 is 2.04. The van der Waals surface area contributed by atoms with E-state index in [4.69, 9.17) is 0 Å². The molecule has 82 valence electrons. The van der Waals surface area contributed by atoms with Crippen LogP contribution in [-0.2, 0) is 13.5 Å². The normalized spacial score (nSPS) is 25.3. The van der Waals surface area contributed by atoms with Crippen LogP contribution >= 0.6 is 0 Å². The lowest BCUT2D eigenvalue weighted by molar-refractivity contribution is 0.454. The Labute approximate surface area is 90.9 Å². The van der Waals surface area contributed by atoms with Gasteiger partial charge in [-0.05, 0) is 39.0 Å². The third-order valence-corrected chi connectivity index (χ3v) is 3.73. The second-order valence-corrected chi connectivity index (χ2v) is 4.96. The van der Waals surface area contributed by atoms with E-state index in [1.807, 2.05) is 4.68 Å². The van der Waals surface area contributed by atoms with Crippen molar-refractivity contribution in [3.05, 3.63) is 17.0 Å². The van der Waals surface area contributed by atoms with Gasteiger partial charge in [-0.2, -0.15) is 5.10 Å².